The van der Waals surface area contributed by atoms with Gasteiger partial charge < -0.3 is 0 Å². The van der Waals surface area contributed by atoms with Crippen molar-refractivity contribution >= 4 is 22.9 Å². The van der Waals surface area contributed by atoms with Crippen molar-refractivity contribution in [1.29, 1.82) is 0 Å². The molecule has 1 nitrogen and oxygen atoms in total. The van der Waals surface area contributed by atoms with Crippen LogP contribution in [0.25, 0.3) is 34.2 Å². The van der Waals surface area contributed by atoms with E-state index in [1.165, 1.54) is 5.92 Å². The number of hydrogen-bond donors (Lipinski definition) is 0. The van der Waals surface area contributed by atoms with E-state index in [9.17, 15) is 35.1 Å². The first-order chi connectivity index (χ1) is 19.5. The number of pyridine rings is 1. The SMILES string of the molecule is CCCCCCc1ccc(-c2cc(F)c(/C=C/c3cc(F)c4c(F)c(C#CC(F)(F)F)c(F)cc4c3)c(F)c2)nc1. The topological polar surface area (TPSA) is 12.9 Å². The fraction of sp³-hybridized carbons (Fsp3) is 0.219. The Kier molecular flexibility index (Phi) is 9.11. The van der Waals surface area contributed by atoms with Crippen molar-refractivity contribution < 1.29 is 35.1 Å². The second-order valence-corrected chi connectivity index (χ2v) is 9.45. The molecule has 0 aliphatic rings. The maximum absolute atomic E-state index is 14.9. The van der Waals surface area contributed by atoms with Gasteiger partial charge in [0.25, 0.3) is 0 Å². The minimum absolute atomic E-state index is 0.00185. The van der Waals surface area contributed by atoms with Crippen molar-refractivity contribution in [3.63, 3.8) is 0 Å². The summed E-state index contributed by atoms with van der Waals surface area (Å²) < 4.78 is 111. The van der Waals surface area contributed by atoms with Gasteiger partial charge in [0.1, 0.15) is 23.3 Å². The molecule has 4 aromatic rings. The molecule has 0 saturated carbocycles. The number of nitrogens with zero attached hydrogens (tertiary/aromatic N) is 1. The third-order valence-electron chi connectivity index (χ3n) is 6.39. The standard InChI is InChI=1S/C32H23F8N/c1-2-3-4-5-6-19-8-10-29(41-18-19)21-15-25(33)23(26(34)16-21)9-7-20-13-22-17-27(35)24(11-12-32(38,39)40)31(37)30(22)28(36)14-20/h7-10,13-18H,2-6H2,1H3/b9-7+. The van der Waals surface area contributed by atoms with Gasteiger partial charge in [0.05, 0.1) is 16.6 Å². The number of aryl methyl sites for hydroxylation is 1. The van der Waals surface area contributed by atoms with Gasteiger partial charge in [-0.15, -0.1) is 0 Å². The van der Waals surface area contributed by atoms with Crippen LogP contribution in [0.5, 0.6) is 0 Å². The lowest BCUT2D eigenvalue weighted by atomic mass is 10.0. The third-order valence-corrected chi connectivity index (χ3v) is 6.39. The summed E-state index contributed by atoms with van der Waals surface area (Å²) in [6, 6.07) is 8.35. The van der Waals surface area contributed by atoms with Crippen LogP contribution in [0.2, 0.25) is 0 Å². The van der Waals surface area contributed by atoms with Crippen molar-refractivity contribution in [1.82, 2.24) is 4.98 Å². The fourth-order valence-electron chi connectivity index (χ4n) is 4.35. The van der Waals surface area contributed by atoms with E-state index in [4.69, 9.17) is 0 Å². The molecule has 0 aliphatic carbocycles. The van der Waals surface area contributed by atoms with Crippen LogP contribution in [0.1, 0.15) is 54.9 Å². The zero-order chi connectivity index (χ0) is 29.7. The van der Waals surface area contributed by atoms with Crippen molar-refractivity contribution in [2.24, 2.45) is 0 Å². The Morgan fingerprint density at radius 1 is 0.805 bits per heavy atom. The molecular formula is C32H23F8N. The first-order valence-electron chi connectivity index (χ1n) is 12.8. The normalized spacial score (nSPS) is 11.7. The smallest absolute Gasteiger partial charge is 0.256 e. The van der Waals surface area contributed by atoms with Crippen LogP contribution in [0.3, 0.4) is 0 Å². The first kappa shape index (κ1) is 29.8. The number of hydrogen-bond acceptors (Lipinski definition) is 1. The van der Waals surface area contributed by atoms with Crippen LogP contribution in [0.15, 0.2) is 48.7 Å². The lowest BCUT2D eigenvalue weighted by Gasteiger charge is -2.08. The summed E-state index contributed by atoms with van der Waals surface area (Å²) in [4.78, 5) is 4.32. The van der Waals surface area contributed by atoms with Crippen molar-refractivity contribution in [2.45, 2.75) is 45.2 Å². The van der Waals surface area contributed by atoms with Gasteiger partial charge in [-0.2, -0.15) is 13.2 Å². The van der Waals surface area contributed by atoms with Gasteiger partial charge in [0.15, 0.2) is 5.82 Å². The number of aromatic nitrogens is 1. The van der Waals surface area contributed by atoms with E-state index in [2.05, 4.69) is 11.9 Å². The highest BCUT2D eigenvalue weighted by molar-refractivity contribution is 5.88. The number of halogens is 8. The van der Waals surface area contributed by atoms with Crippen LogP contribution in [-0.2, 0) is 6.42 Å². The van der Waals surface area contributed by atoms with Gasteiger partial charge >= 0.3 is 6.18 Å². The lowest BCUT2D eigenvalue weighted by Crippen LogP contribution is -2.03. The van der Waals surface area contributed by atoms with Crippen molar-refractivity contribution in [2.75, 3.05) is 0 Å². The van der Waals surface area contributed by atoms with Crippen LogP contribution in [0, 0.1) is 40.9 Å². The Hall–Kier alpha value is -4.19. The van der Waals surface area contributed by atoms with E-state index in [0.717, 1.165) is 80.0 Å². The summed E-state index contributed by atoms with van der Waals surface area (Å²) in [5.41, 5.74) is -0.0214. The molecule has 0 aliphatic heterocycles. The zero-order valence-electron chi connectivity index (χ0n) is 21.8. The molecule has 3 aromatic carbocycles. The van der Waals surface area contributed by atoms with Crippen LogP contribution >= 0.6 is 0 Å². The average molecular weight is 574 g/mol. The lowest BCUT2D eigenvalue weighted by molar-refractivity contribution is -0.0696. The second kappa shape index (κ2) is 12.5. The van der Waals surface area contributed by atoms with Gasteiger partial charge in [-0.3, -0.25) is 4.98 Å². The maximum atomic E-state index is 14.9. The number of alkyl halides is 3. The van der Waals surface area contributed by atoms with Gasteiger partial charge in [0.2, 0.25) is 0 Å². The molecule has 0 fully saturated rings. The maximum Gasteiger partial charge on any atom is 0.458 e. The van der Waals surface area contributed by atoms with Crippen LogP contribution in [0.4, 0.5) is 35.1 Å². The van der Waals surface area contributed by atoms with E-state index in [1.807, 2.05) is 6.07 Å². The summed E-state index contributed by atoms with van der Waals surface area (Å²) in [5, 5.41) is -1.08. The molecule has 1 aromatic heterocycles. The summed E-state index contributed by atoms with van der Waals surface area (Å²) in [6.07, 6.45) is 4.15. The van der Waals surface area contributed by atoms with Crippen molar-refractivity contribution in [3.05, 3.63) is 100 Å². The quantitative estimate of drug-likeness (QED) is 0.0885. The number of benzene rings is 3. The monoisotopic (exact) mass is 573 g/mol. The summed E-state index contributed by atoms with van der Waals surface area (Å²) in [5.74, 6) is -3.94. The third kappa shape index (κ3) is 7.31. The molecule has 1 heterocycles. The molecule has 0 spiro atoms. The molecule has 0 unspecified atom stereocenters. The van der Waals surface area contributed by atoms with E-state index < -0.39 is 51.8 Å². The Labute approximate surface area is 231 Å². The minimum Gasteiger partial charge on any atom is -0.256 e. The molecule has 9 heteroatoms. The predicted octanol–water partition coefficient (Wildman–Crippen LogP) is 9.80. The van der Waals surface area contributed by atoms with Gasteiger partial charge in [0, 0.05) is 23.2 Å². The minimum atomic E-state index is -5.00. The summed E-state index contributed by atoms with van der Waals surface area (Å²) in [7, 11) is 0. The van der Waals surface area contributed by atoms with Gasteiger partial charge in [-0.1, -0.05) is 44.2 Å². The number of rotatable bonds is 8. The molecule has 4 rings (SSSR count). The summed E-state index contributed by atoms with van der Waals surface area (Å²) in [6.45, 7) is 2.13. The Bertz CT molecular complexity index is 1640. The van der Waals surface area contributed by atoms with Crippen LogP contribution in [-0.4, -0.2) is 11.2 Å². The first-order valence-corrected chi connectivity index (χ1v) is 12.8. The highest BCUT2D eigenvalue weighted by Crippen LogP contribution is 2.30. The highest BCUT2D eigenvalue weighted by Gasteiger charge is 2.24. The molecule has 0 atom stereocenters. The average Bonchev–Trinajstić information content (AvgIpc) is 2.89. The molecule has 212 valence electrons. The second-order valence-electron chi connectivity index (χ2n) is 9.45. The van der Waals surface area contributed by atoms with Crippen molar-refractivity contribution in [3.8, 4) is 23.1 Å². The van der Waals surface area contributed by atoms with Gasteiger partial charge in [-0.05, 0) is 71.8 Å². The summed E-state index contributed by atoms with van der Waals surface area (Å²) >= 11 is 0. The van der Waals surface area contributed by atoms with E-state index in [-0.39, 0.29) is 16.5 Å². The molecule has 0 saturated heterocycles. The highest BCUT2D eigenvalue weighted by atomic mass is 19.4. The van der Waals surface area contributed by atoms with E-state index in [0.29, 0.717) is 11.8 Å². The molecule has 0 amide bonds. The fourth-order valence-corrected chi connectivity index (χ4v) is 4.35. The molecule has 0 radical (unpaired) electrons. The predicted molar refractivity (Wildman–Crippen MR) is 143 cm³/mol. The Balaban J connectivity index is 1.59. The zero-order valence-corrected chi connectivity index (χ0v) is 21.8. The molecule has 0 bridgehead atoms. The largest absolute Gasteiger partial charge is 0.458 e. The van der Waals surface area contributed by atoms with E-state index >= 15 is 0 Å². The Morgan fingerprint density at radius 2 is 1.54 bits per heavy atom. The van der Waals surface area contributed by atoms with E-state index in [1.54, 1.807) is 12.3 Å². The number of fused-ring (bicyclic) bond motifs is 1. The Morgan fingerprint density at radius 3 is 2.17 bits per heavy atom. The van der Waals surface area contributed by atoms with Crippen LogP contribution < -0.4 is 0 Å². The molecule has 0 N–H and O–H groups in total. The molecular weight excluding hydrogens is 550 g/mol. The number of unbranched alkanes of at least 4 members (excludes halogenated alkanes) is 3. The molecule has 41 heavy (non-hydrogen) atoms. The van der Waals surface area contributed by atoms with Gasteiger partial charge in [-0.25, -0.2) is 22.0 Å².